The zero-order chi connectivity index (χ0) is 13.1. The molecule has 2 aromatic heterocycles. The van der Waals surface area contributed by atoms with Gasteiger partial charge in [0.2, 0.25) is 0 Å². The lowest BCUT2D eigenvalue weighted by Crippen LogP contribution is -2.19. The second-order valence-corrected chi connectivity index (χ2v) is 4.87. The fourth-order valence-electron chi connectivity index (χ4n) is 1.47. The van der Waals surface area contributed by atoms with Gasteiger partial charge in [-0.1, -0.05) is 0 Å². The van der Waals surface area contributed by atoms with Crippen molar-refractivity contribution < 1.29 is 0 Å². The van der Waals surface area contributed by atoms with Crippen LogP contribution >= 0.6 is 11.8 Å². The molecule has 2 aromatic rings. The van der Waals surface area contributed by atoms with Crippen LogP contribution < -0.4 is 5.69 Å². The predicted molar refractivity (Wildman–Crippen MR) is 66.3 cm³/mol. The number of hydrogen-bond acceptors (Lipinski definition) is 5. The fourth-order valence-corrected chi connectivity index (χ4v) is 2.49. The topological polar surface area (TPSA) is 87.4 Å². The second kappa shape index (κ2) is 5.06. The SMILES string of the molecule is CC(C)n1c(Sc2cnccc2C#N)n[nH]c1=O. The minimum atomic E-state index is -0.255. The molecule has 0 unspecified atom stereocenters. The lowest BCUT2D eigenvalue weighted by molar-refractivity contribution is 0.534. The van der Waals surface area contributed by atoms with E-state index in [1.807, 2.05) is 13.8 Å². The van der Waals surface area contributed by atoms with Gasteiger partial charge in [-0.2, -0.15) is 5.26 Å². The van der Waals surface area contributed by atoms with Crippen molar-refractivity contribution in [1.29, 1.82) is 5.26 Å². The largest absolute Gasteiger partial charge is 0.344 e. The first kappa shape index (κ1) is 12.4. The van der Waals surface area contributed by atoms with Gasteiger partial charge in [-0.3, -0.25) is 9.55 Å². The van der Waals surface area contributed by atoms with Crippen LogP contribution in [-0.2, 0) is 0 Å². The summed E-state index contributed by atoms with van der Waals surface area (Å²) in [6.07, 6.45) is 3.15. The van der Waals surface area contributed by atoms with Crippen molar-refractivity contribution >= 4 is 11.8 Å². The molecular weight excluding hydrogens is 250 g/mol. The molecule has 0 amide bonds. The summed E-state index contributed by atoms with van der Waals surface area (Å²) in [6, 6.07) is 3.72. The number of rotatable bonds is 3. The van der Waals surface area contributed by atoms with Gasteiger partial charge in [0, 0.05) is 18.4 Å². The lowest BCUT2D eigenvalue weighted by atomic mass is 10.3. The maximum atomic E-state index is 11.6. The number of aromatic nitrogens is 4. The number of H-pyrrole nitrogens is 1. The van der Waals surface area contributed by atoms with E-state index in [4.69, 9.17) is 5.26 Å². The van der Waals surface area contributed by atoms with Crippen molar-refractivity contribution in [2.24, 2.45) is 0 Å². The van der Waals surface area contributed by atoms with Crippen LogP contribution in [-0.4, -0.2) is 19.7 Å². The van der Waals surface area contributed by atoms with Crippen LogP contribution in [0.15, 0.2) is 33.3 Å². The van der Waals surface area contributed by atoms with Gasteiger partial charge in [-0.05, 0) is 31.7 Å². The highest BCUT2D eigenvalue weighted by Crippen LogP contribution is 2.28. The number of nitrogens with zero attached hydrogens (tertiary/aromatic N) is 4. The summed E-state index contributed by atoms with van der Waals surface area (Å²) in [5, 5.41) is 15.9. The Morgan fingerprint density at radius 1 is 1.56 bits per heavy atom. The molecule has 0 fully saturated rings. The predicted octanol–water partition coefficient (Wildman–Crippen LogP) is 1.57. The van der Waals surface area contributed by atoms with Crippen LogP contribution in [0.5, 0.6) is 0 Å². The van der Waals surface area contributed by atoms with Crippen LogP contribution in [0, 0.1) is 11.3 Å². The normalized spacial score (nSPS) is 10.6. The monoisotopic (exact) mass is 261 g/mol. The van der Waals surface area contributed by atoms with E-state index in [9.17, 15) is 4.79 Å². The van der Waals surface area contributed by atoms with E-state index in [0.29, 0.717) is 15.6 Å². The molecular formula is C11H11N5OS. The van der Waals surface area contributed by atoms with E-state index in [1.54, 1.807) is 23.0 Å². The Kier molecular flexibility index (Phi) is 3.48. The summed E-state index contributed by atoms with van der Waals surface area (Å²) in [5.74, 6) is 0. The first-order chi connectivity index (χ1) is 8.63. The molecule has 0 saturated carbocycles. The third-order valence-electron chi connectivity index (χ3n) is 2.29. The minimum absolute atomic E-state index is 0.000886. The van der Waals surface area contributed by atoms with Gasteiger partial charge >= 0.3 is 5.69 Å². The zero-order valence-corrected chi connectivity index (χ0v) is 10.7. The first-order valence-corrected chi connectivity index (χ1v) is 6.14. The number of pyridine rings is 1. The first-order valence-electron chi connectivity index (χ1n) is 5.32. The standard InChI is InChI=1S/C11H11N5OS/c1-7(2)16-10(17)14-15-11(16)18-9-6-13-4-3-8(9)5-12/h3-4,6-7H,1-2H3,(H,14,17). The minimum Gasteiger partial charge on any atom is -0.267 e. The fraction of sp³-hybridized carbons (Fsp3) is 0.273. The van der Waals surface area contributed by atoms with E-state index in [-0.39, 0.29) is 11.7 Å². The van der Waals surface area contributed by atoms with Crippen molar-refractivity contribution in [3.8, 4) is 6.07 Å². The molecule has 0 aliphatic heterocycles. The molecule has 2 rings (SSSR count). The number of hydrogen-bond donors (Lipinski definition) is 1. The van der Waals surface area contributed by atoms with E-state index >= 15 is 0 Å². The Hall–Kier alpha value is -2.07. The van der Waals surface area contributed by atoms with Crippen LogP contribution in [0.25, 0.3) is 0 Å². The summed E-state index contributed by atoms with van der Waals surface area (Å²) in [4.78, 5) is 16.2. The molecule has 0 atom stereocenters. The highest BCUT2D eigenvalue weighted by atomic mass is 32.2. The zero-order valence-electron chi connectivity index (χ0n) is 9.91. The quantitative estimate of drug-likeness (QED) is 0.906. The molecule has 0 saturated heterocycles. The molecule has 0 aliphatic rings. The van der Waals surface area contributed by atoms with Gasteiger partial charge in [0.25, 0.3) is 0 Å². The van der Waals surface area contributed by atoms with E-state index in [0.717, 1.165) is 0 Å². The van der Waals surface area contributed by atoms with Crippen molar-refractivity contribution in [3.63, 3.8) is 0 Å². The number of nitriles is 1. The molecule has 0 aliphatic carbocycles. The summed E-state index contributed by atoms with van der Waals surface area (Å²) in [6.45, 7) is 3.80. The third-order valence-corrected chi connectivity index (χ3v) is 3.31. The van der Waals surface area contributed by atoms with Crippen molar-refractivity contribution in [2.45, 2.75) is 29.9 Å². The van der Waals surface area contributed by atoms with Gasteiger partial charge < -0.3 is 0 Å². The van der Waals surface area contributed by atoms with Gasteiger partial charge in [0.05, 0.1) is 10.5 Å². The van der Waals surface area contributed by atoms with Crippen LogP contribution in [0.2, 0.25) is 0 Å². The number of nitrogens with one attached hydrogen (secondary N) is 1. The maximum Gasteiger partial charge on any atom is 0.344 e. The molecule has 92 valence electrons. The molecule has 18 heavy (non-hydrogen) atoms. The second-order valence-electron chi connectivity index (χ2n) is 3.86. The Balaban J connectivity index is 2.41. The Morgan fingerprint density at radius 2 is 2.33 bits per heavy atom. The molecule has 6 nitrogen and oxygen atoms in total. The Bertz CT molecular complexity index is 652. The summed E-state index contributed by atoms with van der Waals surface area (Å²) in [5.41, 5.74) is 0.260. The smallest absolute Gasteiger partial charge is 0.267 e. The van der Waals surface area contributed by atoms with Gasteiger partial charge in [-0.25, -0.2) is 9.89 Å². The maximum absolute atomic E-state index is 11.6. The van der Waals surface area contributed by atoms with Crippen LogP contribution in [0.1, 0.15) is 25.5 Å². The highest BCUT2D eigenvalue weighted by Gasteiger charge is 2.14. The number of aromatic amines is 1. The van der Waals surface area contributed by atoms with E-state index in [1.165, 1.54) is 11.8 Å². The molecule has 0 bridgehead atoms. The third kappa shape index (κ3) is 2.28. The van der Waals surface area contributed by atoms with E-state index in [2.05, 4.69) is 21.3 Å². The van der Waals surface area contributed by atoms with Crippen molar-refractivity contribution in [1.82, 2.24) is 19.7 Å². The summed E-state index contributed by atoms with van der Waals surface area (Å²) >= 11 is 1.25. The highest BCUT2D eigenvalue weighted by molar-refractivity contribution is 7.99. The summed E-state index contributed by atoms with van der Waals surface area (Å²) < 4.78 is 1.54. The molecule has 0 radical (unpaired) electrons. The summed E-state index contributed by atoms with van der Waals surface area (Å²) in [7, 11) is 0. The molecule has 0 spiro atoms. The molecule has 7 heteroatoms. The lowest BCUT2D eigenvalue weighted by Gasteiger charge is -2.08. The van der Waals surface area contributed by atoms with Crippen molar-refractivity contribution in [2.75, 3.05) is 0 Å². The van der Waals surface area contributed by atoms with Gasteiger partial charge in [0.1, 0.15) is 6.07 Å². The average Bonchev–Trinajstić information content (AvgIpc) is 2.71. The Morgan fingerprint density at radius 3 is 3.00 bits per heavy atom. The average molecular weight is 261 g/mol. The van der Waals surface area contributed by atoms with Gasteiger partial charge in [-0.15, -0.1) is 5.10 Å². The van der Waals surface area contributed by atoms with E-state index < -0.39 is 0 Å². The molecule has 1 N–H and O–H groups in total. The molecule has 0 aromatic carbocycles. The van der Waals surface area contributed by atoms with Gasteiger partial charge in [0.15, 0.2) is 5.16 Å². The van der Waals surface area contributed by atoms with Crippen LogP contribution in [0.3, 0.4) is 0 Å². The van der Waals surface area contributed by atoms with Crippen LogP contribution in [0.4, 0.5) is 0 Å². The Labute approximate surface area is 108 Å². The molecule has 2 heterocycles. The van der Waals surface area contributed by atoms with Crippen molar-refractivity contribution in [3.05, 3.63) is 34.5 Å².